The molecule has 2 rings (SSSR count). The number of sulfone groups is 1. The molecule has 0 spiro atoms. The van der Waals surface area contributed by atoms with Gasteiger partial charge in [-0.15, -0.1) is 0 Å². The average molecular weight is 285 g/mol. The first-order chi connectivity index (χ1) is 8.86. The molecular weight excluding hydrogens is 265 g/mol. The van der Waals surface area contributed by atoms with E-state index < -0.39 is 9.84 Å². The van der Waals surface area contributed by atoms with Gasteiger partial charge in [-0.3, -0.25) is 0 Å². The van der Waals surface area contributed by atoms with Crippen LogP contribution in [0, 0.1) is 12.7 Å². The molecule has 1 fully saturated rings. The molecule has 0 bridgehead atoms. The topological polar surface area (TPSA) is 46.2 Å². The van der Waals surface area contributed by atoms with Crippen molar-refractivity contribution in [1.82, 2.24) is 0 Å². The van der Waals surface area contributed by atoms with E-state index in [9.17, 15) is 12.8 Å². The Morgan fingerprint density at radius 1 is 1.32 bits per heavy atom. The van der Waals surface area contributed by atoms with Crippen LogP contribution in [0.3, 0.4) is 0 Å². The number of anilines is 1. The Bertz CT molecular complexity index is 557. The van der Waals surface area contributed by atoms with Gasteiger partial charge in [0.2, 0.25) is 0 Å². The number of halogens is 1. The van der Waals surface area contributed by atoms with E-state index in [1.165, 1.54) is 12.3 Å². The summed E-state index contributed by atoms with van der Waals surface area (Å²) in [6, 6.07) is 5.08. The van der Waals surface area contributed by atoms with Gasteiger partial charge in [-0.25, -0.2) is 12.8 Å². The maximum absolute atomic E-state index is 13.8. The normalized spacial score (nSPS) is 24.2. The predicted octanol–water partition coefficient (Wildman–Crippen LogP) is 2.90. The van der Waals surface area contributed by atoms with Crippen molar-refractivity contribution < 1.29 is 12.8 Å². The Balaban J connectivity index is 2.07. The second-order valence-electron chi connectivity index (χ2n) is 5.44. The van der Waals surface area contributed by atoms with Gasteiger partial charge < -0.3 is 5.32 Å². The summed E-state index contributed by atoms with van der Waals surface area (Å²) in [5.41, 5.74) is 1.34. The van der Waals surface area contributed by atoms with Gasteiger partial charge in [-0.2, -0.15) is 0 Å². The lowest BCUT2D eigenvalue weighted by atomic mass is 9.94. The molecule has 0 aromatic heterocycles. The van der Waals surface area contributed by atoms with Gasteiger partial charge in [0.25, 0.3) is 0 Å². The number of rotatable bonds is 3. The van der Waals surface area contributed by atoms with E-state index in [4.69, 9.17) is 0 Å². The monoisotopic (exact) mass is 285 g/mol. The molecular formula is C14H20FNO2S. The molecule has 2 unspecified atom stereocenters. The molecule has 19 heavy (non-hydrogen) atoms. The molecule has 0 radical (unpaired) electrons. The van der Waals surface area contributed by atoms with Gasteiger partial charge in [0.15, 0.2) is 0 Å². The molecule has 1 aromatic rings. The van der Waals surface area contributed by atoms with Crippen LogP contribution in [-0.2, 0) is 9.84 Å². The van der Waals surface area contributed by atoms with Crippen LogP contribution in [0.15, 0.2) is 18.2 Å². The first-order valence-corrected chi connectivity index (χ1v) is 8.53. The van der Waals surface area contributed by atoms with Crippen molar-refractivity contribution in [1.29, 1.82) is 0 Å². The molecule has 5 heteroatoms. The minimum Gasteiger partial charge on any atom is -0.380 e. The maximum Gasteiger partial charge on any atom is 0.150 e. The van der Waals surface area contributed by atoms with Crippen molar-refractivity contribution in [2.45, 2.75) is 43.9 Å². The summed E-state index contributed by atoms with van der Waals surface area (Å²) in [7, 11) is -3.00. The molecule has 3 nitrogen and oxygen atoms in total. The number of benzene rings is 1. The molecule has 1 saturated carbocycles. The van der Waals surface area contributed by atoms with Crippen LogP contribution in [0.2, 0.25) is 0 Å². The average Bonchev–Trinajstić information content (AvgIpc) is 2.32. The van der Waals surface area contributed by atoms with E-state index in [1.807, 2.05) is 13.0 Å². The van der Waals surface area contributed by atoms with Crippen molar-refractivity contribution in [3.05, 3.63) is 29.6 Å². The molecule has 2 atom stereocenters. The Hall–Kier alpha value is -1.10. The molecule has 1 aliphatic rings. The zero-order valence-corrected chi connectivity index (χ0v) is 12.1. The maximum atomic E-state index is 13.8. The summed E-state index contributed by atoms with van der Waals surface area (Å²) >= 11 is 0. The highest BCUT2D eigenvalue weighted by Gasteiger charge is 2.29. The van der Waals surface area contributed by atoms with Gasteiger partial charge in [-0.05, 0) is 43.9 Å². The zero-order chi connectivity index (χ0) is 14.0. The van der Waals surface area contributed by atoms with E-state index in [2.05, 4.69) is 5.32 Å². The third kappa shape index (κ3) is 3.69. The van der Waals surface area contributed by atoms with Crippen molar-refractivity contribution in [3.8, 4) is 0 Å². The summed E-state index contributed by atoms with van der Waals surface area (Å²) in [5.74, 6) is -0.276. The van der Waals surface area contributed by atoms with Crippen LogP contribution in [0.25, 0.3) is 0 Å². The van der Waals surface area contributed by atoms with Crippen molar-refractivity contribution in [2.24, 2.45) is 0 Å². The van der Waals surface area contributed by atoms with E-state index in [0.29, 0.717) is 18.5 Å². The summed E-state index contributed by atoms with van der Waals surface area (Å²) in [6.07, 6.45) is 4.31. The summed E-state index contributed by atoms with van der Waals surface area (Å²) in [5, 5.41) is 2.84. The van der Waals surface area contributed by atoms with Gasteiger partial charge >= 0.3 is 0 Å². The van der Waals surface area contributed by atoms with Crippen LogP contribution < -0.4 is 5.32 Å². The molecule has 0 heterocycles. The Kier molecular flexibility index (Phi) is 4.13. The predicted molar refractivity (Wildman–Crippen MR) is 75.6 cm³/mol. The number of nitrogens with one attached hydrogen (secondary N) is 1. The first-order valence-electron chi connectivity index (χ1n) is 6.58. The molecule has 0 aliphatic heterocycles. The van der Waals surface area contributed by atoms with E-state index in [1.54, 1.807) is 6.07 Å². The number of hydrogen-bond acceptors (Lipinski definition) is 3. The molecule has 0 amide bonds. The zero-order valence-electron chi connectivity index (χ0n) is 11.3. The minimum atomic E-state index is -3.00. The van der Waals surface area contributed by atoms with Gasteiger partial charge in [0, 0.05) is 12.3 Å². The molecule has 106 valence electrons. The van der Waals surface area contributed by atoms with E-state index in [-0.39, 0.29) is 17.1 Å². The van der Waals surface area contributed by atoms with Crippen molar-refractivity contribution >= 4 is 15.5 Å². The van der Waals surface area contributed by atoms with Gasteiger partial charge in [0.05, 0.1) is 10.9 Å². The van der Waals surface area contributed by atoms with E-state index >= 15 is 0 Å². The van der Waals surface area contributed by atoms with Crippen molar-refractivity contribution in [3.63, 3.8) is 0 Å². The van der Waals surface area contributed by atoms with Gasteiger partial charge in [-0.1, -0.05) is 12.5 Å². The summed E-state index contributed by atoms with van der Waals surface area (Å²) < 4.78 is 36.9. The lowest BCUT2D eigenvalue weighted by molar-refractivity contribution is 0.451. The largest absolute Gasteiger partial charge is 0.380 e. The Morgan fingerprint density at radius 2 is 2.05 bits per heavy atom. The fourth-order valence-electron chi connectivity index (χ4n) is 2.62. The standard InChI is InChI=1S/C14H20FNO2S/c1-10-6-7-14(13(15)8-10)16-11-4-3-5-12(9-11)19(2,17)18/h6-8,11-12,16H,3-5,9H2,1-2H3. The molecule has 1 aromatic carbocycles. The molecule has 1 N–H and O–H groups in total. The van der Waals surface area contributed by atoms with Crippen molar-refractivity contribution in [2.75, 3.05) is 11.6 Å². The highest BCUT2D eigenvalue weighted by atomic mass is 32.2. The lowest BCUT2D eigenvalue weighted by Crippen LogP contribution is -2.34. The first kappa shape index (κ1) is 14.3. The number of hydrogen-bond donors (Lipinski definition) is 1. The van der Waals surface area contributed by atoms with Crippen LogP contribution in [0.5, 0.6) is 0 Å². The molecule has 1 aliphatic carbocycles. The van der Waals surface area contributed by atoms with E-state index in [0.717, 1.165) is 18.4 Å². The second kappa shape index (κ2) is 5.49. The highest BCUT2D eigenvalue weighted by molar-refractivity contribution is 7.91. The molecule has 0 saturated heterocycles. The van der Waals surface area contributed by atoms with Crippen LogP contribution in [-0.4, -0.2) is 26.0 Å². The Morgan fingerprint density at radius 3 is 2.68 bits per heavy atom. The minimum absolute atomic E-state index is 0.0330. The fourth-order valence-corrected chi connectivity index (χ4v) is 3.80. The van der Waals surface area contributed by atoms with Crippen LogP contribution in [0.4, 0.5) is 10.1 Å². The SMILES string of the molecule is Cc1ccc(NC2CCCC(S(C)(=O)=O)C2)c(F)c1. The smallest absolute Gasteiger partial charge is 0.150 e. The summed E-state index contributed by atoms with van der Waals surface area (Å²) in [4.78, 5) is 0. The van der Waals surface area contributed by atoms with Crippen LogP contribution >= 0.6 is 0 Å². The van der Waals surface area contributed by atoms with Gasteiger partial charge in [0.1, 0.15) is 15.7 Å². The highest BCUT2D eigenvalue weighted by Crippen LogP contribution is 2.27. The quantitative estimate of drug-likeness (QED) is 0.929. The Labute approximate surface area is 114 Å². The lowest BCUT2D eigenvalue weighted by Gasteiger charge is -2.29. The third-order valence-electron chi connectivity index (χ3n) is 3.72. The number of aryl methyl sites for hydroxylation is 1. The second-order valence-corrected chi connectivity index (χ2v) is 7.77. The third-order valence-corrected chi connectivity index (χ3v) is 5.35. The summed E-state index contributed by atoms with van der Waals surface area (Å²) in [6.45, 7) is 1.84. The van der Waals surface area contributed by atoms with Crippen LogP contribution in [0.1, 0.15) is 31.2 Å². The fraction of sp³-hybridized carbons (Fsp3) is 0.571.